The Morgan fingerprint density at radius 2 is 2.14 bits per heavy atom. The molecule has 0 aromatic heterocycles. The Balaban J connectivity index is 2.30. The smallest absolute Gasteiger partial charge is 0.269 e. The molecule has 0 spiro atoms. The maximum absolute atomic E-state index is 12.6. The summed E-state index contributed by atoms with van der Waals surface area (Å²) >= 11 is 0. The lowest BCUT2D eigenvalue weighted by Gasteiger charge is -2.32. The minimum Gasteiger partial charge on any atom is -0.269 e. The molecule has 0 bridgehead atoms. The molecule has 2 heterocycles. The van der Waals surface area contributed by atoms with Crippen molar-refractivity contribution in [3.8, 4) is 6.07 Å². The number of fused-ring (bicyclic) bond motifs is 1. The second-order valence-corrected chi connectivity index (χ2v) is 5.21. The highest BCUT2D eigenvalue weighted by Crippen LogP contribution is 2.20. The normalized spacial score (nSPS) is 21.6. The maximum Gasteiger partial charge on any atom is 0.333 e. The number of likely N-dealkylation sites (N-methyl/N-ethyl adjacent to an activating group) is 1. The van der Waals surface area contributed by atoms with E-state index in [1.165, 1.54) is 4.90 Å². The Morgan fingerprint density at radius 3 is 2.76 bits per heavy atom. The quantitative estimate of drug-likeness (QED) is 0.703. The van der Waals surface area contributed by atoms with Gasteiger partial charge in [-0.05, 0) is 11.4 Å². The van der Waals surface area contributed by atoms with Crippen molar-refractivity contribution in [2.75, 3.05) is 20.1 Å². The number of carbonyl (C=O) groups excluding carboxylic acids is 2. The Kier molecular flexibility index (Phi) is 4.36. The molecule has 1 atom stereocenters. The van der Waals surface area contributed by atoms with E-state index >= 15 is 0 Å². The zero-order chi connectivity index (χ0) is 15.6. The summed E-state index contributed by atoms with van der Waals surface area (Å²) in [4.78, 5) is 31.8. The minimum atomic E-state index is -0.530. The summed E-state index contributed by atoms with van der Waals surface area (Å²) in [5, 5.41) is 8.68. The molecule has 2 aliphatic heterocycles. The maximum atomic E-state index is 12.6. The molecule has 1 saturated heterocycles. The van der Waals surface area contributed by atoms with E-state index in [1.54, 1.807) is 7.05 Å². The topological polar surface area (TPSA) is 79.8 Å². The van der Waals surface area contributed by atoms with Crippen molar-refractivity contribution in [1.82, 2.24) is 9.80 Å². The Bertz CT molecular complexity index is 572. The zero-order valence-electron chi connectivity index (χ0n) is 12.7. The number of urea groups is 1. The SMILES string of the molecule is CCCC[N+]1=C(C)N=C2C1C(=O)N(CCC#N)C(=O)N2C. The Morgan fingerprint density at radius 1 is 1.43 bits per heavy atom. The second kappa shape index (κ2) is 6.04. The molecule has 21 heavy (non-hydrogen) atoms. The number of carbonyl (C=O) groups is 2. The molecule has 112 valence electrons. The average molecular weight is 290 g/mol. The fourth-order valence-corrected chi connectivity index (χ4v) is 2.63. The van der Waals surface area contributed by atoms with E-state index in [0.717, 1.165) is 30.1 Å². The van der Waals surface area contributed by atoms with Crippen molar-refractivity contribution < 1.29 is 14.2 Å². The minimum absolute atomic E-state index is 0.128. The van der Waals surface area contributed by atoms with Crippen molar-refractivity contribution in [3.05, 3.63) is 0 Å². The van der Waals surface area contributed by atoms with Crippen LogP contribution in [0.25, 0.3) is 0 Å². The molecule has 2 aliphatic rings. The summed E-state index contributed by atoms with van der Waals surface area (Å²) in [7, 11) is 1.62. The van der Waals surface area contributed by atoms with E-state index in [2.05, 4.69) is 11.9 Å². The summed E-state index contributed by atoms with van der Waals surface area (Å²) in [5.41, 5.74) is 0. The van der Waals surface area contributed by atoms with Gasteiger partial charge < -0.3 is 0 Å². The van der Waals surface area contributed by atoms with Gasteiger partial charge in [-0.25, -0.2) is 9.37 Å². The molecule has 0 aliphatic carbocycles. The number of nitriles is 1. The van der Waals surface area contributed by atoms with Crippen LogP contribution in [0.1, 0.15) is 33.1 Å². The monoisotopic (exact) mass is 290 g/mol. The van der Waals surface area contributed by atoms with Gasteiger partial charge >= 0.3 is 6.03 Å². The fourth-order valence-electron chi connectivity index (χ4n) is 2.63. The van der Waals surface area contributed by atoms with Gasteiger partial charge in [0.25, 0.3) is 23.6 Å². The van der Waals surface area contributed by atoms with Crippen LogP contribution in [0.15, 0.2) is 4.99 Å². The highest BCUT2D eigenvalue weighted by Gasteiger charge is 2.52. The van der Waals surface area contributed by atoms with Crippen LogP contribution >= 0.6 is 0 Å². The van der Waals surface area contributed by atoms with E-state index in [0.29, 0.717) is 5.84 Å². The number of hydrogen-bond donors (Lipinski definition) is 0. The number of amides is 3. The van der Waals surface area contributed by atoms with Crippen molar-refractivity contribution in [2.45, 2.75) is 39.2 Å². The molecule has 0 aromatic carbocycles. The highest BCUT2D eigenvalue weighted by atomic mass is 16.2. The van der Waals surface area contributed by atoms with Gasteiger partial charge in [0.2, 0.25) is 0 Å². The number of amidine groups is 2. The molecule has 7 heteroatoms. The van der Waals surface area contributed by atoms with Crippen LogP contribution in [0, 0.1) is 11.3 Å². The van der Waals surface area contributed by atoms with E-state index in [4.69, 9.17) is 5.26 Å². The predicted molar refractivity (Wildman–Crippen MR) is 77.0 cm³/mol. The summed E-state index contributed by atoms with van der Waals surface area (Å²) < 4.78 is 1.95. The summed E-state index contributed by atoms with van der Waals surface area (Å²) in [6.45, 7) is 4.81. The number of hydrogen-bond acceptors (Lipinski definition) is 4. The number of rotatable bonds is 5. The number of unbranched alkanes of at least 4 members (excludes halogenated alkanes) is 1. The van der Waals surface area contributed by atoms with Crippen LogP contribution in [-0.2, 0) is 4.79 Å². The van der Waals surface area contributed by atoms with E-state index in [9.17, 15) is 9.59 Å². The second-order valence-electron chi connectivity index (χ2n) is 5.21. The third-order valence-electron chi connectivity index (χ3n) is 3.81. The summed E-state index contributed by atoms with van der Waals surface area (Å²) in [6.07, 6.45) is 2.12. The van der Waals surface area contributed by atoms with Gasteiger partial charge in [0, 0.05) is 20.5 Å². The van der Waals surface area contributed by atoms with Gasteiger partial charge in [-0.3, -0.25) is 14.6 Å². The summed E-state index contributed by atoms with van der Waals surface area (Å²) in [5.74, 6) is 0.977. The van der Waals surface area contributed by atoms with Gasteiger partial charge in [0.1, 0.15) is 0 Å². The molecule has 7 nitrogen and oxygen atoms in total. The van der Waals surface area contributed by atoms with Crippen LogP contribution in [0.4, 0.5) is 4.79 Å². The van der Waals surface area contributed by atoms with E-state index in [1.807, 2.05) is 17.6 Å². The molecule has 0 aromatic rings. The van der Waals surface area contributed by atoms with Crippen molar-refractivity contribution in [3.63, 3.8) is 0 Å². The van der Waals surface area contributed by atoms with Gasteiger partial charge in [-0.15, -0.1) is 0 Å². The zero-order valence-corrected chi connectivity index (χ0v) is 12.7. The van der Waals surface area contributed by atoms with Crippen LogP contribution in [-0.4, -0.2) is 64.2 Å². The van der Waals surface area contributed by atoms with E-state index in [-0.39, 0.29) is 18.9 Å². The van der Waals surface area contributed by atoms with Gasteiger partial charge in [-0.1, -0.05) is 13.3 Å². The average Bonchev–Trinajstić information content (AvgIpc) is 2.80. The summed E-state index contributed by atoms with van der Waals surface area (Å²) in [6, 6.07) is 1.03. The molecule has 3 amide bonds. The van der Waals surface area contributed by atoms with Crippen LogP contribution < -0.4 is 0 Å². The third kappa shape index (κ3) is 2.53. The van der Waals surface area contributed by atoms with Crippen molar-refractivity contribution in [2.24, 2.45) is 4.99 Å². The van der Waals surface area contributed by atoms with Crippen LogP contribution in [0.3, 0.4) is 0 Å². The number of aliphatic imine (C=N–C) groups is 1. The van der Waals surface area contributed by atoms with Crippen LogP contribution in [0.5, 0.6) is 0 Å². The first-order valence-corrected chi connectivity index (χ1v) is 7.17. The lowest BCUT2D eigenvalue weighted by molar-refractivity contribution is -0.536. The Hall–Kier alpha value is -2.23. The molecule has 0 saturated carbocycles. The largest absolute Gasteiger partial charge is 0.333 e. The number of imide groups is 1. The standard InChI is InChI=1S/C14H20N5O2/c1-4-5-8-18-10(2)16-12-11(18)13(20)19(9-6-7-15)14(21)17(12)3/h11H,4-6,8-9H2,1-3H3/q+1. The molecule has 1 unspecified atom stereocenters. The third-order valence-corrected chi connectivity index (χ3v) is 3.81. The molecule has 0 radical (unpaired) electrons. The lowest BCUT2D eigenvalue weighted by atomic mass is 10.1. The fraction of sp³-hybridized carbons (Fsp3) is 0.643. The molecule has 0 N–H and O–H groups in total. The molecular formula is C14H20N5O2+. The Labute approximate surface area is 124 Å². The van der Waals surface area contributed by atoms with Crippen molar-refractivity contribution >= 4 is 23.6 Å². The van der Waals surface area contributed by atoms with E-state index < -0.39 is 12.1 Å². The molecular weight excluding hydrogens is 270 g/mol. The first kappa shape index (κ1) is 15.2. The molecule has 1 fully saturated rings. The lowest BCUT2D eigenvalue weighted by Crippen LogP contribution is -2.62. The number of nitrogens with zero attached hydrogens (tertiary/aromatic N) is 5. The van der Waals surface area contributed by atoms with Gasteiger partial charge in [-0.2, -0.15) is 5.26 Å². The predicted octanol–water partition coefficient (Wildman–Crippen LogP) is 0.806. The first-order chi connectivity index (χ1) is 10.0. The van der Waals surface area contributed by atoms with Crippen LogP contribution in [0.2, 0.25) is 0 Å². The van der Waals surface area contributed by atoms with Gasteiger partial charge in [0.15, 0.2) is 0 Å². The first-order valence-electron chi connectivity index (χ1n) is 7.17. The van der Waals surface area contributed by atoms with Gasteiger partial charge in [0.05, 0.1) is 19.0 Å². The molecule has 2 rings (SSSR count). The highest BCUT2D eigenvalue weighted by molar-refractivity contribution is 6.22. The van der Waals surface area contributed by atoms with Crippen molar-refractivity contribution in [1.29, 1.82) is 5.26 Å².